The summed E-state index contributed by atoms with van der Waals surface area (Å²) in [6.45, 7) is 0.530. The zero-order valence-corrected chi connectivity index (χ0v) is 14.8. The molecule has 2 N–H and O–H groups in total. The van der Waals surface area contributed by atoms with E-state index >= 15 is 0 Å². The van der Waals surface area contributed by atoms with Crippen LogP contribution >= 0.6 is 11.3 Å². The van der Waals surface area contributed by atoms with Crippen LogP contribution in [0.2, 0.25) is 0 Å². The van der Waals surface area contributed by atoms with Crippen molar-refractivity contribution in [2.75, 3.05) is 6.54 Å². The standard InChI is InChI=1S/C18H17N5O2S/c24-16(5-6-17-22-23-18(25-17)12-8-10-26-11-12)19-9-7-15-20-13-3-1-2-4-14(13)21-15/h1-4,8,10-11H,5-7,9H2,(H,19,24)(H,20,21). The van der Waals surface area contributed by atoms with Gasteiger partial charge in [0, 0.05) is 36.8 Å². The molecule has 0 aliphatic heterocycles. The molecule has 4 rings (SSSR count). The van der Waals surface area contributed by atoms with Gasteiger partial charge in [-0.3, -0.25) is 4.79 Å². The summed E-state index contributed by atoms with van der Waals surface area (Å²) >= 11 is 1.57. The Morgan fingerprint density at radius 3 is 2.96 bits per heavy atom. The van der Waals surface area contributed by atoms with Crippen molar-refractivity contribution in [3.05, 3.63) is 52.8 Å². The molecule has 0 fully saturated rings. The Bertz CT molecular complexity index is 973. The summed E-state index contributed by atoms with van der Waals surface area (Å²) in [5.41, 5.74) is 2.85. The highest BCUT2D eigenvalue weighted by Gasteiger charge is 2.11. The summed E-state index contributed by atoms with van der Waals surface area (Å²) in [7, 11) is 0. The number of thiophene rings is 1. The molecule has 26 heavy (non-hydrogen) atoms. The Labute approximate surface area is 153 Å². The number of para-hydroxylation sites is 2. The number of aromatic amines is 1. The molecule has 7 nitrogen and oxygen atoms in total. The molecular weight excluding hydrogens is 350 g/mol. The van der Waals surface area contributed by atoms with Crippen LogP contribution in [0.5, 0.6) is 0 Å². The fourth-order valence-electron chi connectivity index (χ4n) is 2.61. The first kappa shape index (κ1) is 16.5. The highest BCUT2D eigenvalue weighted by molar-refractivity contribution is 7.08. The highest BCUT2D eigenvalue weighted by atomic mass is 32.1. The van der Waals surface area contributed by atoms with Crippen LogP contribution < -0.4 is 5.32 Å². The molecule has 0 saturated heterocycles. The number of benzene rings is 1. The lowest BCUT2D eigenvalue weighted by Gasteiger charge is -2.02. The number of hydrogen-bond donors (Lipinski definition) is 2. The van der Waals surface area contributed by atoms with Gasteiger partial charge in [-0.25, -0.2) is 4.98 Å². The summed E-state index contributed by atoms with van der Waals surface area (Å²) in [5, 5.41) is 14.8. The third kappa shape index (κ3) is 3.80. The zero-order valence-electron chi connectivity index (χ0n) is 13.9. The molecule has 0 atom stereocenters. The molecule has 0 radical (unpaired) electrons. The van der Waals surface area contributed by atoms with Crippen molar-refractivity contribution >= 4 is 28.3 Å². The number of carbonyl (C=O) groups is 1. The van der Waals surface area contributed by atoms with E-state index in [0.29, 0.717) is 37.6 Å². The van der Waals surface area contributed by atoms with Gasteiger partial charge in [-0.2, -0.15) is 11.3 Å². The zero-order chi connectivity index (χ0) is 17.8. The lowest BCUT2D eigenvalue weighted by atomic mass is 10.3. The first-order valence-electron chi connectivity index (χ1n) is 8.33. The molecular formula is C18H17N5O2S. The maximum absolute atomic E-state index is 12.0. The van der Waals surface area contributed by atoms with Crippen molar-refractivity contribution in [3.63, 3.8) is 0 Å². The van der Waals surface area contributed by atoms with Gasteiger partial charge in [-0.1, -0.05) is 12.1 Å². The first-order chi connectivity index (χ1) is 12.8. The topological polar surface area (TPSA) is 96.7 Å². The minimum Gasteiger partial charge on any atom is -0.421 e. The number of hydrogen-bond acceptors (Lipinski definition) is 6. The Morgan fingerprint density at radius 2 is 2.12 bits per heavy atom. The molecule has 0 spiro atoms. The SMILES string of the molecule is O=C(CCc1nnc(-c2ccsc2)o1)NCCc1nc2ccccc2[nH]1. The minimum absolute atomic E-state index is 0.0450. The van der Waals surface area contributed by atoms with Crippen molar-refractivity contribution < 1.29 is 9.21 Å². The van der Waals surface area contributed by atoms with E-state index in [0.717, 1.165) is 22.4 Å². The number of nitrogens with zero attached hydrogens (tertiary/aromatic N) is 3. The van der Waals surface area contributed by atoms with E-state index in [9.17, 15) is 4.79 Å². The fraction of sp³-hybridized carbons (Fsp3) is 0.222. The monoisotopic (exact) mass is 367 g/mol. The van der Waals surface area contributed by atoms with Gasteiger partial charge in [0.25, 0.3) is 0 Å². The molecule has 8 heteroatoms. The van der Waals surface area contributed by atoms with Crippen molar-refractivity contribution in [3.8, 4) is 11.5 Å². The van der Waals surface area contributed by atoms with Crippen LogP contribution in [0.4, 0.5) is 0 Å². The van der Waals surface area contributed by atoms with Gasteiger partial charge in [-0.05, 0) is 23.6 Å². The molecule has 0 unspecified atom stereocenters. The fourth-order valence-corrected chi connectivity index (χ4v) is 3.24. The van der Waals surface area contributed by atoms with Crippen molar-refractivity contribution in [1.29, 1.82) is 0 Å². The maximum Gasteiger partial charge on any atom is 0.248 e. The van der Waals surface area contributed by atoms with E-state index in [1.165, 1.54) is 0 Å². The summed E-state index contributed by atoms with van der Waals surface area (Å²) in [6, 6.07) is 9.79. The van der Waals surface area contributed by atoms with E-state index in [1.807, 2.05) is 41.1 Å². The van der Waals surface area contributed by atoms with Crippen LogP contribution in [-0.2, 0) is 17.6 Å². The van der Waals surface area contributed by atoms with E-state index in [1.54, 1.807) is 11.3 Å². The molecule has 4 aromatic rings. The number of H-pyrrole nitrogens is 1. The van der Waals surface area contributed by atoms with E-state index < -0.39 is 0 Å². The Kier molecular flexibility index (Phi) is 4.74. The predicted octanol–water partition coefficient (Wildman–Crippen LogP) is 2.97. The Balaban J connectivity index is 1.23. The summed E-state index contributed by atoms with van der Waals surface area (Å²) < 4.78 is 5.58. The van der Waals surface area contributed by atoms with Gasteiger partial charge in [-0.15, -0.1) is 10.2 Å². The van der Waals surface area contributed by atoms with E-state index in [-0.39, 0.29) is 5.91 Å². The number of aryl methyl sites for hydroxylation is 1. The van der Waals surface area contributed by atoms with Gasteiger partial charge in [0.1, 0.15) is 5.82 Å². The molecule has 0 saturated carbocycles. The molecule has 3 heterocycles. The largest absolute Gasteiger partial charge is 0.421 e. The lowest BCUT2D eigenvalue weighted by Crippen LogP contribution is -2.26. The number of imidazole rings is 1. The summed E-state index contributed by atoms with van der Waals surface area (Å²) in [6.07, 6.45) is 1.39. The average molecular weight is 367 g/mol. The van der Waals surface area contributed by atoms with Crippen molar-refractivity contribution in [2.24, 2.45) is 0 Å². The van der Waals surface area contributed by atoms with Gasteiger partial charge in [0.2, 0.25) is 17.7 Å². The molecule has 0 aliphatic rings. The number of aromatic nitrogens is 4. The van der Waals surface area contributed by atoms with E-state index in [4.69, 9.17) is 4.42 Å². The number of amides is 1. The molecule has 0 aliphatic carbocycles. The maximum atomic E-state index is 12.0. The quantitative estimate of drug-likeness (QED) is 0.523. The second kappa shape index (κ2) is 7.49. The summed E-state index contributed by atoms with van der Waals surface area (Å²) in [4.78, 5) is 19.7. The molecule has 132 valence electrons. The van der Waals surface area contributed by atoms with Crippen molar-refractivity contribution in [2.45, 2.75) is 19.3 Å². The second-order valence-electron chi connectivity index (χ2n) is 5.81. The summed E-state index contributed by atoms with van der Waals surface area (Å²) in [5.74, 6) is 1.78. The van der Waals surface area contributed by atoms with Gasteiger partial charge >= 0.3 is 0 Å². The van der Waals surface area contributed by atoms with Crippen LogP contribution in [0.1, 0.15) is 18.1 Å². The molecule has 0 bridgehead atoms. The molecule has 1 aromatic carbocycles. The van der Waals surface area contributed by atoms with Crippen LogP contribution in [0.25, 0.3) is 22.5 Å². The predicted molar refractivity (Wildman–Crippen MR) is 98.7 cm³/mol. The van der Waals surface area contributed by atoms with Crippen LogP contribution in [0.15, 0.2) is 45.5 Å². The molecule has 1 amide bonds. The number of fused-ring (bicyclic) bond motifs is 1. The van der Waals surface area contributed by atoms with Gasteiger partial charge in [0.15, 0.2) is 0 Å². The second-order valence-corrected chi connectivity index (χ2v) is 6.59. The van der Waals surface area contributed by atoms with Crippen LogP contribution in [-0.4, -0.2) is 32.6 Å². The van der Waals surface area contributed by atoms with Gasteiger partial charge in [0.05, 0.1) is 11.0 Å². The smallest absolute Gasteiger partial charge is 0.248 e. The van der Waals surface area contributed by atoms with Crippen LogP contribution in [0.3, 0.4) is 0 Å². The van der Waals surface area contributed by atoms with E-state index in [2.05, 4.69) is 25.5 Å². The van der Waals surface area contributed by atoms with Gasteiger partial charge < -0.3 is 14.7 Å². The third-order valence-corrected chi connectivity index (χ3v) is 4.61. The number of rotatable bonds is 7. The Hall–Kier alpha value is -3.00. The first-order valence-corrected chi connectivity index (χ1v) is 9.27. The lowest BCUT2D eigenvalue weighted by molar-refractivity contribution is -0.121. The highest BCUT2D eigenvalue weighted by Crippen LogP contribution is 2.20. The number of carbonyl (C=O) groups excluding carboxylic acids is 1. The average Bonchev–Trinajstić information content (AvgIpc) is 3.38. The third-order valence-electron chi connectivity index (χ3n) is 3.92. The normalized spacial score (nSPS) is 11.1. The Morgan fingerprint density at radius 1 is 1.19 bits per heavy atom. The van der Waals surface area contributed by atoms with Crippen molar-refractivity contribution in [1.82, 2.24) is 25.5 Å². The number of nitrogens with one attached hydrogen (secondary N) is 2. The van der Waals surface area contributed by atoms with Crippen LogP contribution in [0, 0.1) is 0 Å². The minimum atomic E-state index is -0.0450. The molecule has 3 aromatic heterocycles.